The Hall–Kier alpha value is -0.900. The van der Waals surface area contributed by atoms with Crippen LogP contribution in [-0.2, 0) is 6.42 Å². The van der Waals surface area contributed by atoms with E-state index in [2.05, 4.69) is 24.4 Å². The van der Waals surface area contributed by atoms with Gasteiger partial charge in [-0.2, -0.15) is 0 Å². The first-order valence-electron chi connectivity index (χ1n) is 6.15. The fraction of sp³-hybridized carbons (Fsp3) is 0.286. The topological polar surface area (TPSA) is 21.3 Å². The van der Waals surface area contributed by atoms with Crippen molar-refractivity contribution in [3.8, 4) is 5.75 Å². The number of hydrogen-bond acceptors (Lipinski definition) is 3. The van der Waals surface area contributed by atoms with Gasteiger partial charge in [0.15, 0.2) is 0 Å². The largest absolute Gasteiger partial charge is 0.482 e. The third-order valence-electron chi connectivity index (χ3n) is 3.23. The van der Waals surface area contributed by atoms with Crippen LogP contribution in [0.5, 0.6) is 5.75 Å². The summed E-state index contributed by atoms with van der Waals surface area (Å²) in [6.45, 7) is 2.84. The number of thiophene rings is 1. The molecule has 0 amide bonds. The monoisotopic (exact) mass is 313 g/mol. The quantitative estimate of drug-likeness (QED) is 0.826. The molecule has 0 aliphatic carbocycles. The smallest absolute Gasteiger partial charge is 0.143 e. The van der Waals surface area contributed by atoms with E-state index in [-0.39, 0.29) is 6.10 Å². The van der Waals surface area contributed by atoms with Crippen molar-refractivity contribution in [2.75, 3.05) is 11.9 Å². The van der Waals surface area contributed by atoms with Crippen LogP contribution in [0.15, 0.2) is 24.3 Å². The molecular formula is C14H13Cl2NOS. The molecule has 3 rings (SSSR count). The summed E-state index contributed by atoms with van der Waals surface area (Å²) in [6.07, 6.45) is 0.931. The maximum absolute atomic E-state index is 6.18. The van der Waals surface area contributed by atoms with Crippen LogP contribution in [0.3, 0.4) is 0 Å². The standard InChI is InChI=1S/C14H13Cl2NOS/c1-2-8-3-4-11-10(5-8)17-7-12(18-11)9-6-13(15)19-14(9)16/h3-6,12,17H,2,7H2,1H3. The van der Waals surface area contributed by atoms with Crippen LogP contribution < -0.4 is 10.1 Å². The minimum absolute atomic E-state index is 0.0868. The minimum Gasteiger partial charge on any atom is -0.482 e. The molecular weight excluding hydrogens is 301 g/mol. The SMILES string of the molecule is CCc1ccc2c(c1)NCC(c1cc(Cl)sc1Cl)O2. The zero-order valence-corrected chi connectivity index (χ0v) is 12.7. The predicted octanol–water partition coefficient (Wildman–Crippen LogP) is 5.16. The molecule has 1 aliphatic rings. The molecule has 100 valence electrons. The molecule has 1 aromatic carbocycles. The molecule has 1 aromatic heterocycles. The Morgan fingerprint density at radius 1 is 1.37 bits per heavy atom. The maximum Gasteiger partial charge on any atom is 0.143 e. The van der Waals surface area contributed by atoms with Gasteiger partial charge in [-0.1, -0.05) is 36.2 Å². The van der Waals surface area contributed by atoms with E-state index in [0.717, 1.165) is 23.4 Å². The Bertz CT molecular complexity index is 611. The third kappa shape index (κ3) is 2.55. The zero-order valence-electron chi connectivity index (χ0n) is 10.4. The van der Waals surface area contributed by atoms with Gasteiger partial charge in [-0.15, -0.1) is 11.3 Å². The molecule has 1 aliphatic heterocycles. The van der Waals surface area contributed by atoms with Crippen molar-refractivity contribution in [1.29, 1.82) is 0 Å². The van der Waals surface area contributed by atoms with E-state index in [1.807, 2.05) is 12.1 Å². The van der Waals surface area contributed by atoms with Crippen molar-refractivity contribution in [3.63, 3.8) is 0 Å². The van der Waals surface area contributed by atoms with Gasteiger partial charge in [-0.3, -0.25) is 0 Å². The molecule has 2 aromatic rings. The first kappa shape index (κ1) is 13.1. The van der Waals surface area contributed by atoms with Gasteiger partial charge in [0.05, 0.1) is 16.6 Å². The van der Waals surface area contributed by atoms with Crippen molar-refractivity contribution in [2.45, 2.75) is 19.4 Å². The van der Waals surface area contributed by atoms with Crippen LogP contribution >= 0.6 is 34.5 Å². The molecule has 1 unspecified atom stereocenters. The molecule has 0 saturated heterocycles. The summed E-state index contributed by atoms with van der Waals surface area (Å²) in [5.41, 5.74) is 3.30. The highest BCUT2D eigenvalue weighted by atomic mass is 35.5. The van der Waals surface area contributed by atoms with Gasteiger partial charge in [0.1, 0.15) is 16.2 Å². The average molecular weight is 314 g/mol. The zero-order chi connectivity index (χ0) is 13.4. The minimum atomic E-state index is -0.0868. The third-order valence-corrected chi connectivity index (χ3v) is 4.75. The van der Waals surface area contributed by atoms with Gasteiger partial charge < -0.3 is 10.1 Å². The number of anilines is 1. The van der Waals surface area contributed by atoms with Gasteiger partial charge in [-0.05, 0) is 30.2 Å². The van der Waals surface area contributed by atoms with Gasteiger partial charge in [-0.25, -0.2) is 0 Å². The predicted molar refractivity (Wildman–Crippen MR) is 82.0 cm³/mol. The van der Waals surface area contributed by atoms with Gasteiger partial charge >= 0.3 is 0 Å². The molecule has 2 nitrogen and oxygen atoms in total. The molecule has 0 radical (unpaired) electrons. The fourth-order valence-electron chi connectivity index (χ4n) is 2.18. The molecule has 0 spiro atoms. The highest BCUT2D eigenvalue weighted by Gasteiger charge is 2.24. The van der Waals surface area contributed by atoms with Gasteiger partial charge in [0.25, 0.3) is 0 Å². The summed E-state index contributed by atoms with van der Waals surface area (Å²) in [5, 5.41) is 3.40. The Balaban J connectivity index is 1.88. The molecule has 2 heterocycles. The van der Waals surface area contributed by atoms with Crippen molar-refractivity contribution in [2.24, 2.45) is 0 Å². The number of ether oxygens (including phenoxy) is 1. The Morgan fingerprint density at radius 2 is 2.21 bits per heavy atom. The normalized spacial score (nSPS) is 17.5. The summed E-state index contributed by atoms with van der Waals surface area (Å²) >= 11 is 13.5. The number of hydrogen-bond donors (Lipinski definition) is 1. The van der Waals surface area contributed by atoms with E-state index in [9.17, 15) is 0 Å². The van der Waals surface area contributed by atoms with Crippen molar-refractivity contribution >= 4 is 40.2 Å². The molecule has 0 bridgehead atoms. The number of nitrogens with one attached hydrogen (secondary N) is 1. The number of fused-ring (bicyclic) bond motifs is 1. The van der Waals surface area contributed by atoms with Crippen LogP contribution in [0, 0.1) is 0 Å². The van der Waals surface area contributed by atoms with Crippen molar-refractivity contribution < 1.29 is 4.74 Å². The Kier molecular flexibility index (Phi) is 3.61. The van der Waals surface area contributed by atoms with E-state index >= 15 is 0 Å². The van der Waals surface area contributed by atoms with Crippen LogP contribution in [0.4, 0.5) is 5.69 Å². The van der Waals surface area contributed by atoms with E-state index in [0.29, 0.717) is 15.2 Å². The van der Waals surface area contributed by atoms with E-state index < -0.39 is 0 Å². The molecule has 5 heteroatoms. The summed E-state index contributed by atoms with van der Waals surface area (Å²) in [7, 11) is 0. The van der Waals surface area contributed by atoms with E-state index in [1.165, 1.54) is 16.9 Å². The Morgan fingerprint density at radius 3 is 2.89 bits per heavy atom. The lowest BCUT2D eigenvalue weighted by Crippen LogP contribution is -2.23. The summed E-state index contributed by atoms with van der Waals surface area (Å²) in [4.78, 5) is 0. The number of benzene rings is 1. The van der Waals surface area contributed by atoms with Crippen LogP contribution in [0.2, 0.25) is 8.67 Å². The molecule has 19 heavy (non-hydrogen) atoms. The van der Waals surface area contributed by atoms with Gasteiger partial charge in [0, 0.05) is 5.56 Å². The van der Waals surface area contributed by atoms with E-state index in [1.54, 1.807) is 0 Å². The lowest BCUT2D eigenvalue weighted by molar-refractivity contribution is 0.211. The highest BCUT2D eigenvalue weighted by Crippen LogP contribution is 2.40. The highest BCUT2D eigenvalue weighted by molar-refractivity contribution is 7.20. The summed E-state index contributed by atoms with van der Waals surface area (Å²) in [6, 6.07) is 8.11. The lowest BCUT2D eigenvalue weighted by atomic mass is 10.1. The second kappa shape index (κ2) is 5.23. The summed E-state index contributed by atoms with van der Waals surface area (Å²) in [5.74, 6) is 0.867. The molecule has 1 atom stereocenters. The molecule has 0 saturated carbocycles. The average Bonchev–Trinajstić information content (AvgIpc) is 2.76. The van der Waals surface area contributed by atoms with Crippen molar-refractivity contribution in [3.05, 3.63) is 44.1 Å². The van der Waals surface area contributed by atoms with Crippen LogP contribution in [0.25, 0.3) is 0 Å². The number of rotatable bonds is 2. The van der Waals surface area contributed by atoms with E-state index in [4.69, 9.17) is 27.9 Å². The number of aryl methyl sites for hydroxylation is 1. The van der Waals surface area contributed by atoms with Crippen molar-refractivity contribution in [1.82, 2.24) is 0 Å². The van der Waals surface area contributed by atoms with Crippen LogP contribution in [0.1, 0.15) is 24.2 Å². The second-order valence-electron chi connectivity index (χ2n) is 4.45. The van der Waals surface area contributed by atoms with Crippen LogP contribution in [-0.4, -0.2) is 6.54 Å². The number of halogens is 2. The maximum atomic E-state index is 6.18. The first-order valence-corrected chi connectivity index (χ1v) is 7.72. The fourth-order valence-corrected chi connectivity index (χ4v) is 3.74. The molecule has 1 N–H and O–H groups in total. The first-order chi connectivity index (χ1) is 9.17. The second-order valence-corrected chi connectivity index (χ2v) is 6.74. The lowest BCUT2D eigenvalue weighted by Gasteiger charge is -2.27. The Labute approximate surface area is 126 Å². The molecule has 0 fully saturated rings. The summed E-state index contributed by atoms with van der Waals surface area (Å²) < 4.78 is 7.40. The van der Waals surface area contributed by atoms with Gasteiger partial charge in [0.2, 0.25) is 0 Å².